The Morgan fingerprint density at radius 1 is 1.50 bits per heavy atom. The largest absolute Gasteiger partial charge is 0.466 e. The molecule has 0 spiro atoms. The molecule has 2 heterocycles. The van der Waals surface area contributed by atoms with E-state index in [0.717, 1.165) is 12.8 Å². The Labute approximate surface area is 96.1 Å². The molecule has 2 aliphatic rings. The monoisotopic (exact) mass is 222 g/mol. The summed E-state index contributed by atoms with van der Waals surface area (Å²) in [5.41, 5.74) is 2.51. The summed E-state index contributed by atoms with van der Waals surface area (Å²) in [6.45, 7) is 4.26. The maximum Gasteiger partial charge on any atom is 0.330 e. The number of methoxy groups -OCH3 is 1. The van der Waals surface area contributed by atoms with Gasteiger partial charge in [0.15, 0.2) is 0 Å². The van der Waals surface area contributed by atoms with Crippen LogP contribution in [0.5, 0.6) is 0 Å². The maximum absolute atomic E-state index is 11.1. The number of hydrogen-bond donors (Lipinski definition) is 0. The van der Waals surface area contributed by atoms with E-state index in [1.54, 1.807) is 0 Å². The van der Waals surface area contributed by atoms with Crippen molar-refractivity contribution in [2.24, 2.45) is 5.92 Å². The second-order valence-corrected chi connectivity index (χ2v) is 4.52. The first-order chi connectivity index (χ1) is 7.63. The molecule has 2 aliphatic heterocycles. The molecule has 0 radical (unpaired) electrons. The molecule has 0 aromatic carbocycles. The van der Waals surface area contributed by atoms with E-state index in [1.807, 2.05) is 6.08 Å². The SMILES string of the molecule is COC(=O)/C=C/C1=C(C)[C@@H]2CC[C@@H](O2)[C@@H]1C. The molecule has 1 saturated heterocycles. The Balaban J connectivity index is 2.21. The van der Waals surface area contributed by atoms with Crippen molar-refractivity contribution in [2.45, 2.75) is 38.9 Å². The third kappa shape index (κ3) is 1.92. The quantitative estimate of drug-likeness (QED) is 0.531. The van der Waals surface area contributed by atoms with Crippen molar-refractivity contribution < 1.29 is 14.3 Å². The number of rotatable bonds is 2. The number of allylic oxidation sites excluding steroid dienone is 1. The maximum atomic E-state index is 11.1. The fourth-order valence-electron chi connectivity index (χ4n) is 2.60. The van der Waals surface area contributed by atoms with Crippen LogP contribution in [0.25, 0.3) is 0 Å². The Bertz CT molecular complexity index is 354. The van der Waals surface area contributed by atoms with E-state index in [0.29, 0.717) is 12.0 Å². The highest BCUT2D eigenvalue weighted by Crippen LogP contribution is 2.40. The minimum absolute atomic E-state index is 0.262. The normalized spacial score (nSPS) is 33.6. The molecule has 0 unspecified atom stereocenters. The van der Waals surface area contributed by atoms with Gasteiger partial charge in [-0.3, -0.25) is 0 Å². The minimum atomic E-state index is -0.300. The van der Waals surface area contributed by atoms with E-state index in [1.165, 1.54) is 24.3 Å². The molecule has 16 heavy (non-hydrogen) atoms. The van der Waals surface area contributed by atoms with Crippen LogP contribution < -0.4 is 0 Å². The summed E-state index contributed by atoms with van der Waals surface area (Å²) in [7, 11) is 1.39. The first-order valence-corrected chi connectivity index (χ1v) is 5.75. The van der Waals surface area contributed by atoms with Crippen LogP contribution in [-0.4, -0.2) is 25.3 Å². The van der Waals surface area contributed by atoms with Gasteiger partial charge in [-0.15, -0.1) is 0 Å². The summed E-state index contributed by atoms with van der Waals surface area (Å²) in [6.07, 6.45) is 6.21. The third-order valence-electron chi connectivity index (χ3n) is 3.64. The Morgan fingerprint density at radius 3 is 2.94 bits per heavy atom. The van der Waals surface area contributed by atoms with Crippen molar-refractivity contribution in [3.8, 4) is 0 Å². The zero-order valence-corrected chi connectivity index (χ0v) is 10.0. The van der Waals surface area contributed by atoms with Gasteiger partial charge >= 0.3 is 5.97 Å². The van der Waals surface area contributed by atoms with Crippen LogP contribution in [0.2, 0.25) is 0 Å². The number of ether oxygens (including phenoxy) is 2. The van der Waals surface area contributed by atoms with Crippen molar-refractivity contribution in [1.82, 2.24) is 0 Å². The van der Waals surface area contributed by atoms with E-state index >= 15 is 0 Å². The van der Waals surface area contributed by atoms with Crippen LogP contribution >= 0.6 is 0 Å². The van der Waals surface area contributed by atoms with E-state index in [2.05, 4.69) is 18.6 Å². The van der Waals surface area contributed by atoms with Crippen LogP contribution in [0, 0.1) is 5.92 Å². The second-order valence-electron chi connectivity index (χ2n) is 4.52. The zero-order chi connectivity index (χ0) is 11.7. The topological polar surface area (TPSA) is 35.5 Å². The van der Waals surface area contributed by atoms with Gasteiger partial charge in [-0.05, 0) is 30.9 Å². The first-order valence-electron chi connectivity index (χ1n) is 5.75. The summed E-state index contributed by atoms with van der Waals surface area (Å²) >= 11 is 0. The Morgan fingerprint density at radius 2 is 2.25 bits per heavy atom. The van der Waals surface area contributed by atoms with Gasteiger partial charge in [0.05, 0.1) is 19.3 Å². The average molecular weight is 222 g/mol. The number of hydrogen-bond acceptors (Lipinski definition) is 3. The highest BCUT2D eigenvalue weighted by Gasteiger charge is 2.37. The van der Waals surface area contributed by atoms with Crippen molar-refractivity contribution >= 4 is 5.97 Å². The predicted molar refractivity (Wildman–Crippen MR) is 60.9 cm³/mol. The molecule has 3 atom stereocenters. The summed E-state index contributed by atoms with van der Waals surface area (Å²) in [6, 6.07) is 0. The molecule has 0 amide bonds. The fourth-order valence-corrected chi connectivity index (χ4v) is 2.60. The van der Waals surface area contributed by atoms with E-state index in [4.69, 9.17) is 4.74 Å². The predicted octanol–water partition coefficient (Wildman–Crippen LogP) is 2.23. The van der Waals surface area contributed by atoms with Gasteiger partial charge in [0.25, 0.3) is 0 Å². The van der Waals surface area contributed by atoms with Gasteiger partial charge in [-0.2, -0.15) is 0 Å². The van der Waals surface area contributed by atoms with Gasteiger partial charge in [-0.25, -0.2) is 4.79 Å². The standard InChI is InChI=1S/C13H18O3/c1-8-10(4-7-13(14)15-3)9(2)12-6-5-11(8)16-12/h4,7-8,11-12H,5-6H2,1-3H3/b7-4+/t8-,11-,12+/m1/s1. The van der Waals surface area contributed by atoms with Gasteiger partial charge in [-0.1, -0.05) is 13.0 Å². The zero-order valence-electron chi connectivity index (χ0n) is 10.0. The van der Waals surface area contributed by atoms with Crippen LogP contribution in [0.15, 0.2) is 23.3 Å². The van der Waals surface area contributed by atoms with Crippen molar-refractivity contribution in [1.29, 1.82) is 0 Å². The van der Waals surface area contributed by atoms with Gasteiger partial charge < -0.3 is 9.47 Å². The molecule has 0 N–H and O–H groups in total. The van der Waals surface area contributed by atoms with E-state index in [9.17, 15) is 4.79 Å². The summed E-state index contributed by atoms with van der Waals surface area (Å²) in [5.74, 6) is 0.0750. The molecule has 3 heteroatoms. The average Bonchev–Trinajstić information content (AvgIpc) is 2.73. The van der Waals surface area contributed by atoms with Gasteiger partial charge in [0.1, 0.15) is 0 Å². The van der Waals surface area contributed by atoms with Crippen molar-refractivity contribution in [2.75, 3.05) is 7.11 Å². The first kappa shape index (κ1) is 11.4. The number of fused-ring (bicyclic) bond motifs is 2. The second kappa shape index (κ2) is 4.42. The lowest BCUT2D eigenvalue weighted by Gasteiger charge is -2.29. The van der Waals surface area contributed by atoms with Crippen molar-refractivity contribution in [3.05, 3.63) is 23.3 Å². The minimum Gasteiger partial charge on any atom is -0.466 e. The van der Waals surface area contributed by atoms with E-state index in [-0.39, 0.29) is 12.1 Å². The number of esters is 1. The molecule has 1 fully saturated rings. The van der Waals surface area contributed by atoms with Crippen LogP contribution in [-0.2, 0) is 14.3 Å². The molecule has 0 aromatic rings. The molecule has 0 aromatic heterocycles. The number of carbonyl (C=O) groups excluding carboxylic acids is 1. The van der Waals surface area contributed by atoms with Gasteiger partial charge in [0.2, 0.25) is 0 Å². The van der Waals surface area contributed by atoms with Crippen LogP contribution in [0.1, 0.15) is 26.7 Å². The Hall–Kier alpha value is -1.09. The molecular formula is C13H18O3. The Kier molecular flexibility index (Phi) is 3.15. The molecule has 0 aliphatic carbocycles. The molecule has 2 bridgehead atoms. The molecular weight excluding hydrogens is 204 g/mol. The smallest absolute Gasteiger partial charge is 0.330 e. The number of carbonyl (C=O) groups is 1. The third-order valence-corrected chi connectivity index (χ3v) is 3.64. The lowest BCUT2D eigenvalue weighted by Crippen LogP contribution is -2.27. The highest BCUT2D eigenvalue weighted by atomic mass is 16.5. The van der Waals surface area contributed by atoms with Gasteiger partial charge in [0, 0.05) is 12.0 Å². The lowest BCUT2D eigenvalue weighted by molar-refractivity contribution is -0.134. The molecule has 2 rings (SSSR count). The van der Waals surface area contributed by atoms with E-state index < -0.39 is 0 Å². The molecule has 3 nitrogen and oxygen atoms in total. The summed E-state index contributed by atoms with van der Waals surface area (Å²) in [4.78, 5) is 11.1. The fraction of sp³-hybridized carbons (Fsp3) is 0.615. The summed E-state index contributed by atoms with van der Waals surface area (Å²) < 4.78 is 10.5. The molecule has 88 valence electrons. The summed E-state index contributed by atoms with van der Waals surface area (Å²) in [5, 5.41) is 0. The lowest BCUT2D eigenvalue weighted by atomic mass is 9.89. The van der Waals surface area contributed by atoms with Crippen molar-refractivity contribution in [3.63, 3.8) is 0 Å². The van der Waals surface area contributed by atoms with Crippen LogP contribution in [0.4, 0.5) is 0 Å². The molecule has 0 saturated carbocycles. The highest BCUT2D eigenvalue weighted by molar-refractivity contribution is 5.82. The van der Waals surface area contributed by atoms with Crippen LogP contribution in [0.3, 0.4) is 0 Å².